The number of nitrogens with one attached hydrogen (secondary N) is 1. The lowest BCUT2D eigenvalue weighted by molar-refractivity contribution is -0.138. The number of rotatable bonds is 8. The topological polar surface area (TPSA) is 110 Å². The van der Waals surface area contributed by atoms with Crippen molar-refractivity contribution in [2.45, 2.75) is 18.3 Å². The number of hydrogen-bond donors (Lipinski definition) is 2. The maximum Gasteiger partial charge on any atom is 0.305 e. The molecule has 10 heteroatoms. The van der Waals surface area contributed by atoms with Gasteiger partial charge in [0.05, 0.1) is 19.7 Å². The van der Waals surface area contributed by atoms with Crippen molar-refractivity contribution in [3.05, 3.63) is 58.6 Å². The maximum absolute atomic E-state index is 11.7. The summed E-state index contributed by atoms with van der Waals surface area (Å²) in [4.78, 5) is 22.5. The van der Waals surface area contributed by atoms with Crippen LogP contribution in [0.3, 0.4) is 0 Å². The minimum atomic E-state index is -1.05. The van der Waals surface area contributed by atoms with Crippen molar-refractivity contribution in [3.8, 4) is 11.5 Å². The predicted octanol–water partition coefficient (Wildman–Crippen LogP) is 3.32. The second-order valence-corrected chi connectivity index (χ2v) is 7.79. The summed E-state index contributed by atoms with van der Waals surface area (Å²) in [7, 11) is 1.60. The number of nitrogens with zero attached hydrogens (tertiary/aromatic N) is 2. The molecule has 0 spiro atoms. The molecule has 0 bridgehead atoms. The summed E-state index contributed by atoms with van der Waals surface area (Å²) in [5, 5.41) is 19.3. The third kappa shape index (κ3) is 5.98. The van der Waals surface area contributed by atoms with Gasteiger partial charge in [-0.15, -0.1) is 5.10 Å². The van der Waals surface area contributed by atoms with E-state index in [1.54, 1.807) is 25.3 Å². The van der Waals surface area contributed by atoms with Gasteiger partial charge >= 0.3 is 5.97 Å². The number of carbonyl (C=O) groups excluding carboxylic acids is 1. The zero-order chi connectivity index (χ0) is 21.5. The fourth-order valence-electron chi connectivity index (χ4n) is 2.56. The fourth-order valence-corrected chi connectivity index (χ4v) is 3.66. The molecular formula is C20H18ClN3O5S. The molecule has 2 aromatic rings. The molecule has 8 nitrogen and oxygen atoms in total. The molecule has 1 heterocycles. The number of carboxylic acid groups (broad SMARTS) is 1. The molecule has 156 valence electrons. The Morgan fingerprint density at radius 2 is 2.17 bits per heavy atom. The zero-order valence-corrected chi connectivity index (χ0v) is 17.4. The van der Waals surface area contributed by atoms with Gasteiger partial charge in [0.15, 0.2) is 5.17 Å². The molecule has 0 aromatic heterocycles. The number of aliphatic carboxylic acids is 1. The number of amides is 1. The summed E-state index contributed by atoms with van der Waals surface area (Å²) in [5.74, 6) is -0.161. The molecular weight excluding hydrogens is 430 g/mol. The Bertz CT molecular complexity index is 1010. The molecule has 2 aromatic carbocycles. The molecule has 0 aliphatic carbocycles. The number of carbonyl (C=O) groups is 2. The average Bonchev–Trinajstić information content (AvgIpc) is 3.06. The second kappa shape index (κ2) is 10.1. The number of hydrogen-bond acceptors (Lipinski definition) is 7. The number of amidine groups is 1. The molecule has 0 saturated carbocycles. The Morgan fingerprint density at radius 1 is 1.33 bits per heavy atom. The van der Waals surface area contributed by atoms with E-state index < -0.39 is 17.1 Å². The van der Waals surface area contributed by atoms with Gasteiger partial charge in [-0.05, 0) is 35.9 Å². The van der Waals surface area contributed by atoms with Gasteiger partial charge in [-0.2, -0.15) is 5.10 Å². The molecule has 1 aliphatic rings. The van der Waals surface area contributed by atoms with E-state index in [0.29, 0.717) is 22.9 Å². The van der Waals surface area contributed by atoms with Crippen LogP contribution in [0.15, 0.2) is 52.7 Å². The lowest BCUT2D eigenvalue weighted by atomic mass is 10.2. The smallest absolute Gasteiger partial charge is 0.305 e. The van der Waals surface area contributed by atoms with Gasteiger partial charge in [-0.25, -0.2) is 0 Å². The fraction of sp³-hybridized carbons (Fsp3) is 0.200. The summed E-state index contributed by atoms with van der Waals surface area (Å²) >= 11 is 7.11. The van der Waals surface area contributed by atoms with Crippen molar-refractivity contribution in [3.63, 3.8) is 0 Å². The van der Waals surface area contributed by atoms with Crippen LogP contribution in [0.1, 0.15) is 17.5 Å². The monoisotopic (exact) mass is 447 g/mol. The third-order valence-corrected chi connectivity index (χ3v) is 5.29. The average molecular weight is 448 g/mol. The highest BCUT2D eigenvalue weighted by atomic mass is 35.5. The van der Waals surface area contributed by atoms with Gasteiger partial charge in [0.25, 0.3) is 0 Å². The lowest BCUT2D eigenvalue weighted by Gasteiger charge is -2.10. The highest BCUT2D eigenvalue weighted by Gasteiger charge is 2.32. The SMILES string of the molecule is COc1cccc(COc2ccc(Cl)cc2C=NN=C2NC(=O)C(CC(=O)O)S2)c1. The third-order valence-electron chi connectivity index (χ3n) is 3.98. The quantitative estimate of drug-likeness (QED) is 0.474. The van der Waals surface area contributed by atoms with Crippen molar-refractivity contribution in [1.82, 2.24) is 5.32 Å². The van der Waals surface area contributed by atoms with Crippen LogP contribution in [-0.4, -0.2) is 40.7 Å². The van der Waals surface area contributed by atoms with Gasteiger partial charge in [0.1, 0.15) is 23.4 Å². The molecule has 1 atom stereocenters. The largest absolute Gasteiger partial charge is 0.497 e. The normalized spacial score (nSPS) is 17.3. The Hall–Kier alpha value is -3.04. The van der Waals surface area contributed by atoms with Crippen LogP contribution in [0, 0.1) is 0 Å². The van der Waals surface area contributed by atoms with Gasteiger partial charge in [0, 0.05) is 10.6 Å². The van der Waals surface area contributed by atoms with E-state index in [-0.39, 0.29) is 11.6 Å². The molecule has 3 rings (SSSR count). The van der Waals surface area contributed by atoms with E-state index in [2.05, 4.69) is 15.5 Å². The van der Waals surface area contributed by atoms with E-state index in [1.165, 1.54) is 6.21 Å². The molecule has 1 aliphatic heterocycles. The second-order valence-electron chi connectivity index (χ2n) is 6.17. The van der Waals surface area contributed by atoms with Crippen LogP contribution in [-0.2, 0) is 16.2 Å². The standard InChI is InChI=1S/C20H18ClN3O5S/c1-28-15-4-2-3-12(7-15)11-29-16-6-5-14(21)8-13(16)10-22-24-20-23-19(27)17(30-20)9-18(25)26/h2-8,10,17H,9,11H2,1H3,(H,25,26)(H,23,24,27). The first-order chi connectivity index (χ1) is 14.4. The number of halogens is 1. The molecule has 1 fully saturated rings. The minimum absolute atomic E-state index is 0.239. The number of benzene rings is 2. The highest BCUT2D eigenvalue weighted by Crippen LogP contribution is 2.24. The summed E-state index contributed by atoms with van der Waals surface area (Å²) in [6.07, 6.45) is 1.17. The summed E-state index contributed by atoms with van der Waals surface area (Å²) < 4.78 is 11.1. The Kier molecular flexibility index (Phi) is 7.31. The van der Waals surface area contributed by atoms with E-state index in [0.717, 1.165) is 23.1 Å². The number of carboxylic acids is 1. The van der Waals surface area contributed by atoms with Crippen molar-refractivity contribution < 1.29 is 24.2 Å². The highest BCUT2D eigenvalue weighted by molar-refractivity contribution is 8.15. The number of ether oxygens (including phenoxy) is 2. The van der Waals surface area contributed by atoms with Crippen LogP contribution < -0.4 is 14.8 Å². The molecule has 1 saturated heterocycles. The van der Waals surface area contributed by atoms with Crippen molar-refractivity contribution in [1.29, 1.82) is 0 Å². The molecule has 1 unspecified atom stereocenters. The summed E-state index contributed by atoms with van der Waals surface area (Å²) in [6, 6.07) is 12.6. The first kappa shape index (κ1) is 21.7. The summed E-state index contributed by atoms with van der Waals surface area (Å²) in [6.45, 7) is 0.316. The van der Waals surface area contributed by atoms with Crippen LogP contribution in [0.5, 0.6) is 11.5 Å². The Balaban J connectivity index is 1.69. The Morgan fingerprint density at radius 3 is 2.93 bits per heavy atom. The van der Waals surface area contributed by atoms with Crippen LogP contribution in [0.25, 0.3) is 0 Å². The first-order valence-electron chi connectivity index (χ1n) is 8.80. The van der Waals surface area contributed by atoms with E-state index >= 15 is 0 Å². The van der Waals surface area contributed by atoms with Gasteiger partial charge in [-0.3, -0.25) is 9.59 Å². The molecule has 30 heavy (non-hydrogen) atoms. The maximum atomic E-state index is 11.7. The van der Waals surface area contributed by atoms with E-state index in [4.69, 9.17) is 26.2 Å². The molecule has 0 radical (unpaired) electrons. The minimum Gasteiger partial charge on any atom is -0.497 e. The number of methoxy groups -OCH3 is 1. The van der Waals surface area contributed by atoms with Crippen molar-refractivity contribution in [2.24, 2.45) is 10.2 Å². The van der Waals surface area contributed by atoms with Crippen LogP contribution >= 0.6 is 23.4 Å². The van der Waals surface area contributed by atoms with Crippen LogP contribution in [0.2, 0.25) is 5.02 Å². The van der Waals surface area contributed by atoms with Gasteiger partial charge in [0.2, 0.25) is 5.91 Å². The van der Waals surface area contributed by atoms with Crippen LogP contribution in [0.4, 0.5) is 0 Å². The molecule has 2 N–H and O–H groups in total. The first-order valence-corrected chi connectivity index (χ1v) is 10.1. The van der Waals surface area contributed by atoms with E-state index in [1.807, 2.05) is 24.3 Å². The van der Waals surface area contributed by atoms with E-state index in [9.17, 15) is 9.59 Å². The van der Waals surface area contributed by atoms with Crippen molar-refractivity contribution in [2.75, 3.05) is 7.11 Å². The predicted molar refractivity (Wildman–Crippen MR) is 116 cm³/mol. The van der Waals surface area contributed by atoms with Gasteiger partial charge < -0.3 is 19.9 Å². The van der Waals surface area contributed by atoms with Crippen molar-refractivity contribution >= 4 is 46.6 Å². The Labute approximate surface area is 181 Å². The number of thioether (sulfide) groups is 1. The summed E-state index contributed by atoms with van der Waals surface area (Å²) in [5.41, 5.74) is 1.54. The molecule has 1 amide bonds. The lowest BCUT2D eigenvalue weighted by Crippen LogP contribution is -2.26. The van der Waals surface area contributed by atoms with Gasteiger partial charge in [-0.1, -0.05) is 35.5 Å². The zero-order valence-electron chi connectivity index (χ0n) is 15.9.